The fraction of sp³-hybridized carbons (Fsp3) is 0.467. The van der Waals surface area contributed by atoms with Gasteiger partial charge in [0.25, 0.3) is 0 Å². The molecule has 0 spiro atoms. The molecule has 6 nitrogen and oxygen atoms in total. The fourth-order valence-electron chi connectivity index (χ4n) is 3.25. The number of ether oxygens (including phenoxy) is 1. The number of carbonyl (C=O) groups is 2. The quantitative estimate of drug-likeness (QED) is 0.671. The molecule has 0 bridgehead atoms. The molecule has 1 aliphatic rings. The molecule has 0 aromatic heterocycles. The Hall–Kier alpha value is -1.92. The zero-order chi connectivity index (χ0) is 15.6. The first-order valence-electron chi connectivity index (χ1n) is 6.74. The van der Waals surface area contributed by atoms with Crippen LogP contribution in [-0.2, 0) is 20.7 Å². The van der Waals surface area contributed by atoms with Gasteiger partial charge in [-0.2, -0.15) is 0 Å². The number of nitrogens with two attached hydrogens (primary N) is 1. The summed E-state index contributed by atoms with van der Waals surface area (Å²) in [5.41, 5.74) is 5.75. The van der Waals surface area contributed by atoms with Crippen LogP contribution in [0.25, 0.3) is 0 Å². The molecule has 0 radical (unpaired) electrons. The van der Waals surface area contributed by atoms with E-state index in [1.165, 1.54) is 7.11 Å². The first-order valence-corrected chi connectivity index (χ1v) is 6.74. The van der Waals surface area contributed by atoms with Crippen LogP contribution in [0.1, 0.15) is 23.5 Å². The molecule has 21 heavy (non-hydrogen) atoms. The number of fused-ring (bicyclic) bond motifs is 1. The second-order valence-corrected chi connectivity index (χ2v) is 5.37. The average Bonchev–Trinajstić information content (AvgIpc) is 2.76. The second-order valence-electron chi connectivity index (χ2n) is 5.37. The predicted octanol–water partition coefficient (Wildman–Crippen LogP) is 0.846. The molecule has 0 saturated carbocycles. The molecular formula is C15H19NO5. The molecule has 2 rings (SSSR count). The summed E-state index contributed by atoms with van der Waals surface area (Å²) in [7, 11) is 1.41. The van der Waals surface area contributed by atoms with Gasteiger partial charge in [0.1, 0.15) is 0 Å². The van der Waals surface area contributed by atoms with Crippen molar-refractivity contribution in [3.63, 3.8) is 0 Å². The molecule has 1 aliphatic carbocycles. The highest BCUT2D eigenvalue weighted by atomic mass is 16.5. The SMILES string of the molecule is COCCC(C(=O)O)(C(=O)O)[C@@H]1c2ccccc2C[C@H]1N. The number of hydrogen-bond donors (Lipinski definition) is 3. The number of methoxy groups -OCH3 is 1. The van der Waals surface area contributed by atoms with Crippen molar-refractivity contribution in [1.82, 2.24) is 0 Å². The highest BCUT2D eigenvalue weighted by Crippen LogP contribution is 2.47. The lowest BCUT2D eigenvalue weighted by atomic mass is 9.69. The van der Waals surface area contributed by atoms with Gasteiger partial charge < -0.3 is 20.7 Å². The summed E-state index contributed by atoms with van der Waals surface area (Å²) in [4.78, 5) is 23.6. The molecular weight excluding hydrogens is 274 g/mol. The third kappa shape index (κ3) is 2.41. The number of rotatable bonds is 6. The van der Waals surface area contributed by atoms with Gasteiger partial charge in [-0.25, -0.2) is 0 Å². The molecule has 1 aromatic rings. The summed E-state index contributed by atoms with van der Waals surface area (Å²) in [6, 6.07) is 6.70. The van der Waals surface area contributed by atoms with E-state index in [0.29, 0.717) is 12.0 Å². The fourth-order valence-corrected chi connectivity index (χ4v) is 3.25. The number of aliphatic carboxylic acids is 2. The summed E-state index contributed by atoms with van der Waals surface area (Å²) in [5.74, 6) is -3.51. The van der Waals surface area contributed by atoms with Crippen LogP contribution in [0.15, 0.2) is 24.3 Å². The summed E-state index contributed by atoms with van der Waals surface area (Å²) in [5, 5.41) is 19.3. The third-order valence-electron chi connectivity index (χ3n) is 4.27. The molecule has 0 heterocycles. The minimum atomic E-state index is -1.97. The molecule has 1 aromatic carbocycles. The van der Waals surface area contributed by atoms with Crippen LogP contribution >= 0.6 is 0 Å². The maximum Gasteiger partial charge on any atom is 0.321 e. The molecule has 0 saturated heterocycles. The van der Waals surface area contributed by atoms with E-state index in [-0.39, 0.29) is 13.0 Å². The van der Waals surface area contributed by atoms with E-state index < -0.39 is 29.3 Å². The molecule has 114 valence electrons. The van der Waals surface area contributed by atoms with Gasteiger partial charge in [-0.1, -0.05) is 24.3 Å². The topological polar surface area (TPSA) is 110 Å². The Bertz CT molecular complexity index is 543. The number of carboxylic acids is 2. The van der Waals surface area contributed by atoms with Gasteiger partial charge in [0, 0.05) is 25.7 Å². The van der Waals surface area contributed by atoms with E-state index in [0.717, 1.165) is 5.56 Å². The molecule has 0 fully saturated rings. The Balaban J connectivity index is 2.55. The van der Waals surface area contributed by atoms with Crippen molar-refractivity contribution in [3.8, 4) is 0 Å². The highest BCUT2D eigenvalue weighted by molar-refractivity contribution is 6.00. The van der Waals surface area contributed by atoms with E-state index in [9.17, 15) is 19.8 Å². The maximum absolute atomic E-state index is 11.8. The maximum atomic E-state index is 11.8. The molecule has 4 N–H and O–H groups in total. The Morgan fingerprint density at radius 3 is 2.52 bits per heavy atom. The van der Waals surface area contributed by atoms with Crippen molar-refractivity contribution in [3.05, 3.63) is 35.4 Å². The Morgan fingerprint density at radius 2 is 1.95 bits per heavy atom. The number of hydrogen-bond acceptors (Lipinski definition) is 4. The standard InChI is InChI=1S/C15H19NO5/c1-21-7-6-15(13(17)18,14(19)20)12-10-5-3-2-4-9(10)8-11(12)16/h2-5,11-12H,6-8,16H2,1H3,(H,17,18)(H,19,20)/t11-,12-/m1/s1. The monoisotopic (exact) mass is 293 g/mol. The second kappa shape index (κ2) is 5.83. The highest BCUT2D eigenvalue weighted by Gasteiger charge is 2.57. The van der Waals surface area contributed by atoms with Crippen LogP contribution in [0.3, 0.4) is 0 Å². The predicted molar refractivity (Wildman–Crippen MR) is 75.1 cm³/mol. The summed E-state index contributed by atoms with van der Waals surface area (Å²) in [6.45, 7) is 0.0456. The van der Waals surface area contributed by atoms with Gasteiger partial charge in [-0.15, -0.1) is 0 Å². The largest absolute Gasteiger partial charge is 0.480 e. The van der Waals surface area contributed by atoms with Crippen molar-refractivity contribution in [2.75, 3.05) is 13.7 Å². The molecule has 6 heteroatoms. The van der Waals surface area contributed by atoms with Crippen molar-refractivity contribution in [2.24, 2.45) is 11.1 Å². The van der Waals surface area contributed by atoms with Gasteiger partial charge in [-0.05, 0) is 24.0 Å². The summed E-state index contributed by atoms with van der Waals surface area (Å²) in [6.07, 6.45) is 0.358. The first kappa shape index (κ1) is 15.5. The van der Waals surface area contributed by atoms with Crippen molar-refractivity contribution >= 4 is 11.9 Å². The van der Waals surface area contributed by atoms with Crippen LogP contribution in [0.5, 0.6) is 0 Å². The van der Waals surface area contributed by atoms with Crippen molar-refractivity contribution in [1.29, 1.82) is 0 Å². The molecule has 0 amide bonds. The third-order valence-corrected chi connectivity index (χ3v) is 4.27. The van der Waals surface area contributed by atoms with Crippen molar-refractivity contribution in [2.45, 2.75) is 24.8 Å². The molecule has 0 aliphatic heterocycles. The Labute approximate surface area is 122 Å². The molecule has 0 unspecified atom stereocenters. The van der Waals surface area contributed by atoms with Crippen LogP contribution in [0.2, 0.25) is 0 Å². The van der Waals surface area contributed by atoms with Crippen LogP contribution < -0.4 is 5.73 Å². The van der Waals surface area contributed by atoms with Gasteiger partial charge in [0.15, 0.2) is 5.41 Å². The van der Waals surface area contributed by atoms with E-state index in [1.54, 1.807) is 12.1 Å². The zero-order valence-corrected chi connectivity index (χ0v) is 11.8. The van der Waals surface area contributed by atoms with E-state index >= 15 is 0 Å². The van der Waals surface area contributed by atoms with Gasteiger partial charge in [0.2, 0.25) is 0 Å². The van der Waals surface area contributed by atoms with Gasteiger partial charge in [0.05, 0.1) is 0 Å². The number of benzene rings is 1. The minimum absolute atomic E-state index is 0.0456. The minimum Gasteiger partial charge on any atom is -0.480 e. The van der Waals surface area contributed by atoms with Gasteiger partial charge >= 0.3 is 11.9 Å². The number of carboxylic acid groups (broad SMARTS) is 2. The Morgan fingerprint density at radius 1 is 1.33 bits per heavy atom. The van der Waals surface area contributed by atoms with E-state index in [4.69, 9.17) is 10.5 Å². The Kier molecular flexibility index (Phi) is 4.29. The summed E-state index contributed by atoms with van der Waals surface area (Å²) >= 11 is 0. The van der Waals surface area contributed by atoms with Gasteiger partial charge in [-0.3, -0.25) is 9.59 Å². The van der Waals surface area contributed by atoms with Crippen LogP contribution in [0.4, 0.5) is 0 Å². The molecule has 2 atom stereocenters. The van der Waals surface area contributed by atoms with E-state index in [1.807, 2.05) is 12.1 Å². The lowest BCUT2D eigenvalue weighted by molar-refractivity contribution is -0.168. The zero-order valence-electron chi connectivity index (χ0n) is 11.8. The lowest BCUT2D eigenvalue weighted by Gasteiger charge is -2.34. The van der Waals surface area contributed by atoms with Crippen LogP contribution in [-0.4, -0.2) is 41.9 Å². The average molecular weight is 293 g/mol. The lowest BCUT2D eigenvalue weighted by Crippen LogP contribution is -2.50. The first-order chi connectivity index (χ1) is 9.95. The van der Waals surface area contributed by atoms with Crippen LogP contribution in [0, 0.1) is 5.41 Å². The normalized spacial score (nSPS) is 21.0. The van der Waals surface area contributed by atoms with Crippen molar-refractivity contribution < 1.29 is 24.5 Å². The van der Waals surface area contributed by atoms with E-state index in [2.05, 4.69) is 0 Å². The smallest absolute Gasteiger partial charge is 0.321 e. The summed E-state index contributed by atoms with van der Waals surface area (Å²) < 4.78 is 4.91.